The van der Waals surface area contributed by atoms with Crippen molar-refractivity contribution in [3.05, 3.63) is 28.0 Å². The van der Waals surface area contributed by atoms with Gasteiger partial charge in [-0.25, -0.2) is 4.98 Å². The number of aromatic nitrogens is 1. The van der Waals surface area contributed by atoms with E-state index in [2.05, 4.69) is 11.9 Å². The third-order valence-electron chi connectivity index (χ3n) is 2.41. The molecule has 80 valence electrons. The van der Waals surface area contributed by atoms with Crippen LogP contribution in [-0.4, -0.2) is 4.98 Å². The highest BCUT2D eigenvalue weighted by Gasteiger charge is 2.06. The van der Waals surface area contributed by atoms with Crippen LogP contribution in [0.25, 0.3) is 0 Å². The van der Waals surface area contributed by atoms with E-state index in [9.17, 15) is 0 Å². The second-order valence-corrected chi connectivity index (χ2v) is 4.02. The van der Waals surface area contributed by atoms with Gasteiger partial charge in [0.05, 0.1) is 5.56 Å². The van der Waals surface area contributed by atoms with Crippen LogP contribution in [0.2, 0.25) is 5.15 Å². The van der Waals surface area contributed by atoms with Gasteiger partial charge < -0.3 is 0 Å². The van der Waals surface area contributed by atoms with Gasteiger partial charge in [0.2, 0.25) is 0 Å². The van der Waals surface area contributed by atoms with Gasteiger partial charge in [-0.2, -0.15) is 5.26 Å². The lowest BCUT2D eigenvalue weighted by Crippen LogP contribution is -1.97. The topological polar surface area (TPSA) is 36.7 Å². The number of halogens is 1. The molecule has 0 atom stereocenters. The maximum absolute atomic E-state index is 8.77. The molecule has 15 heavy (non-hydrogen) atoms. The van der Waals surface area contributed by atoms with Crippen molar-refractivity contribution >= 4 is 11.6 Å². The summed E-state index contributed by atoms with van der Waals surface area (Å²) in [5.41, 5.74) is 2.55. The molecule has 2 nitrogen and oxygen atoms in total. The summed E-state index contributed by atoms with van der Waals surface area (Å²) < 4.78 is 0. The lowest BCUT2D eigenvalue weighted by molar-refractivity contribution is 0.704. The normalized spacial score (nSPS) is 10.0. The molecule has 0 aliphatic rings. The summed E-state index contributed by atoms with van der Waals surface area (Å²) in [7, 11) is 0. The number of aryl methyl sites for hydroxylation is 2. The third-order valence-corrected chi connectivity index (χ3v) is 2.70. The first kappa shape index (κ1) is 12.0. The van der Waals surface area contributed by atoms with Crippen molar-refractivity contribution in [3.63, 3.8) is 0 Å². The molecule has 0 bridgehead atoms. The summed E-state index contributed by atoms with van der Waals surface area (Å²) in [4.78, 5) is 4.26. The molecule has 0 aliphatic heterocycles. The molecule has 0 aromatic carbocycles. The Hall–Kier alpha value is -1.07. The van der Waals surface area contributed by atoms with E-state index in [0.29, 0.717) is 10.7 Å². The molecule has 1 aromatic heterocycles. The SMILES string of the molecule is CCCCCc1nc(Cl)c(C#N)cc1C. The van der Waals surface area contributed by atoms with Crippen molar-refractivity contribution in [2.45, 2.75) is 39.5 Å². The fraction of sp³-hybridized carbons (Fsp3) is 0.500. The number of hydrogen-bond donors (Lipinski definition) is 0. The number of unbranched alkanes of at least 4 members (excludes halogenated alkanes) is 2. The maximum Gasteiger partial charge on any atom is 0.147 e. The second kappa shape index (κ2) is 5.72. The van der Waals surface area contributed by atoms with Crippen LogP contribution in [0.15, 0.2) is 6.07 Å². The van der Waals surface area contributed by atoms with Crippen molar-refractivity contribution in [1.82, 2.24) is 4.98 Å². The van der Waals surface area contributed by atoms with Gasteiger partial charge in [-0.1, -0.05) is 31.4 Å². The highest BCUT2D eigenvalue weighted by molar-refractivity contribution is 6.30. The summed E-state index contributed by atoms with van der Waals surface area (Å²) in [5.74, 6) is 0. The Morgan fingerprint density at radius 1 is 1.47 bits per heavy atom. The first-order valence-corrected chi connectivity index (χ1v) is 5.63. The molecular formula is C12H15ClN2. The van der Waals surface area contributed by atoms with Crippen molar-refractivity contribution < 1.29 is 0 Å². The van der Waals surface area contributed by atoms with Crippen LogP contribution < -0.4 is 0 Å². The first-order chi connectivity index (χ1) is 7.19. The predicted octanol–water partition coefficient (Wildman–Crippen LogP) is 3.65. The van der Waals surface area contributed by atoms with E-state index in [1.165, 1.54) is 12.8 Å². The van der Waals surface area contributed by atoms with E-state index in [4.69, 9.17) is 16.9 Å². The van der Waals surface area contributed by atoms with Gasteiger partial charge in [-0.3, -0.25) is 0 Å². The smallest absolute Gasteiger partial charge is 0.147 e. The minimum absolute atomic E-state index is 0.328. The fourth-order valence-electron chi connectivity index (χ4n) is 1.50. The van der Waals surface area contributed by atoms with E-state index in [1.54, 1.807) is 0 Å². The zero-order chi connectivity index (χ0) is 11.3. The van der Waals surface area contributed by atoms with Crippen molar-refractivity contribution in [3.8, 4) is 6.07 Å². The molecule has 3 heteroatoms. The quantitative estimate of drug-likeness (QED) is 0.576. The average Bonchev–Trinajstić information content (AvgIpc) is 2.23. The van der Waals surface area contributed by atoms with Crippen LogP contribution in [0.5, 0.6) is 0 Å². The van der Waals surface area contributed by atoms with Crippen LogP contribution in [-0.2, 0) is 6.42 Å². The number of hydrogen-bond acceptors (Lipinski definition) is 2. The van der Waals surface area contributed by atoms with Crippen LogP contribution in [0.3, 0.4) is 0 Å². The van der Waals surface area contributed by atoms with Gasteiger partial charge in [0, 0.05) is 5.69 Å². The molecule has 1 aromatic rings. The molecule has 0 saturated carbocycles. The van der Waals surface area contributed by atoms with Crippen molar-refractivity contribution in [2.75, 3.05) is 0 Å². The summed E-state index contributed by atoms with van der Waals surface area (Å²) in [6.45, 7) is 4.15. The lowest BCUT2D eigenvalue weighted by atomic mass is 10.1. The van der Waals surface area contributed by atoms with Crippen molar-refractivity contribution in [1.29, 1.82) is 5.26 Å². The van der Waals surface area contributed by atoms with E-state index >= 15 is 0 Å². The standard InChI is InChI=1S/C12H15ClN2/c1-3-4-5-6-11-9(2)7-10(8-14)12(13)15-11/h7H,3-6H2,1-2H3. The monoisotopic (exact) mass is 222 g/mol. The van der Waals surface area contributed by atoms with Gasteiger partial charge in [-0.15, -0.1) is 0 Å². The Morgan fingerprint density at radius 3 is 2.80 bits per heavy atom. The summed E-state index contributed by atoms with van der Waals surface area (Å²) in [5, 5.41) is 9.10. The highest BCUT2D eigenvalue weighted by atomic mass is 35.5. The zero-order valence-corrected chi connectivity index (χ0v) is 9.93. The third kappa shape index (κ3) is 3.21. The van der Waals surface area contributed by atoms with E-state index in [0.717, 1.165) is 24.1 Å². The number of rotatable bonds is 4. The molecule has 1 rings (SSSR count). The zero-order valence-electron chi connectivity index (χ0n) is 9.18. The van der Waals surface area contributed by atoms with E-state index in [-0.39, 0.29) is 0 Å². The maximum atomic E-state index is 8.77. The molecule has 0 radical (unpaired) electrons. The molecule has 0 fully saturated rings. The highest BCUT2D eigenvalue weighted by Crippen LogP contribution is 2.18. The number of nitriles is 1. The fourth-order valence-corrected chi connectivity index (χ4v) is 1.70. The van der Waals surface area contributed by atoms with E-state index in [1.807, 2.05) is 19.1 Å². The summed E-state index contributed by atoms with van der Waals surface area (Å²) >= 11 is 5.88. The second-order valence-electron chi connectivity index (χ2n) is 3.66. The van der Waals surface area contributed by atoms with Gasteiger partial charge in [0.25, 0.3) is 0 Å². The molecule has 0 amide bonds. The average molecular weight is 223 g/mol. The van der Waals surface area contributed by atoms with Crippen molar-refractivity contribution in [2.24, 2.45) is 0 Å². The predicted molar refractivity (Wildman–Crippen MR) is 61.9 cm³/mol. The minimum Gasteiger partial charge on any atom is -0.239 e. The largest absolute Gasteiger partial charge is 0.239 e. The van der Waals surface area contributed by atoms with Gasteiger partial charge in [-0.05, 0) is 31.4 Å². The minimum atomic E-state index is 0.328. The Kier molecular flexibility index (Phi) is 4.58. The number of nitrogens with zero attached hydrogens (tertiary/aromatic N) is 2. The first-order valence-electron chi connectivity index (χ1n) is 5.25. The Bertz CT molecular complexity index is 380. The lowest BCUT2D eigenvalue weighted by Gasteiger charge is -2.05. The molecule has 0 aliphatic carbocycles. The molecule has 0 saturated heterocycles. The van der Waals surface area contributed by atoms with Gasteiger partial charge >= 0.3 is 0 Å². The summed E-state index contributed by atoms with van der Waals surface area (Å²) in [6.07, 6.45) is 4.49. The van der Waals surface area contributed by atoms with Crippen LogP contribution in [0.1, 0.15) is 43.0 Å². The Balaban J connectivity index is 2.82. The molecule has 0 spiro atoms. The summed E-state index contributed by atoms with van der Waals surface area (Å²) in [6, 6.07) is 3.85. The Morgan fingerprint density at radius 2 is 2.20 bits per heavy atom. The van der Waals surface area contributed by atoms with E-state index < -0.39 is 0 Å². The van der Waals surface area contributed by atoms with Crippen LogP contribution in [0, 0.1) is 18.3 Å². The number of pyridine rings is 1. The molecular weight excluding hydrogens is 208 g/mol. The van der Waals surface area contributed by atoms with Gasteiger partial charge in [0.15, 0.2) is 0 Å². The molecule has 0 N–H and O–H groups in total. The Labute approximate surface area is 95.9 Å². The molecule has 1 heterocycles. The van der Waals surface area contributed by atoms with Crippen LogP contribution in [0.4, 0.5) is 0 Å². The van der Waals surface area contributed by atoms with Gasteiger partial charge in [0.1, 0.15) is 11.2 Å². The molecule has 0 unspecified atom stereocenters. The van der Waals surface area contributed by atoms with Crippen LogP contribution >= 0.6 is 11.6 Å².